The van der Waals surface area contributed by atoms with Crippen LogP contribution in [0.1, 0.15) is 67.2 Å². The molecule has 0 spiro atoms. The van der Waals surface area contributed by atoms with E-state index in [4.69, 9.17) is 9.47 Å². The maximum Gasteiger partial charge on any atom is 0.338 e. The first kappa shape index (κ1) is 26.9. The van der Waals surface area contributed by atoms with Crippen molar-refractivity contribution in [1.29, 1.82) is 0 Å². The van der Waals surface area contributed by atoms with Gasteiger partial charge in [-0.1, -0.05) is 87.4 Å². The molecule has 0 radical (unpaired) electrons. The van der Waals surface area contributed by atoms with E-state index in [2.05, 4.69) is 0 Å². The first-order valence-electron chi connectivity index (χ1n) is 12.5. The van der Waals surface area contributed by atoms with Crippen LogP contribution < -0.4 is 0 Å². The van der Waals surface area contributed by atoms with E-state index in [0.717, 1.165) is 21.5 Å². The van der Waals surface area contributed by atoms with Gasteiger partial charge < -0.3 is 9.47 Å². The molecule has 36 heavy (non-hydrogen) atoms. The van der Waals surface area contributed by atoms with Gasteiger partial charge in [0, 0.05) is 0 Å². The Balaban J connectivity index is 0.000000203. The number of hydrogen-bond donors (Lipinski definition) is 0. The minimum absolute atomic E-state index is 0. The van der Waals surface area contributed by atoms with Crippen molar-refractivity contribution in [2.45, 2.75) is 46.5 Å². The van der Waals surface area contributed by atoms with Gasteiger partial charge >= 0.3 is 11.9 Å². The Morgan fingerprint density at radius 2 is 1.14 bits per heavy atom. The molecule has 4 aromatic carbocycles. The molecule has 1 fully saturated rings. The molecule has 0 aromatic heterocycles. The number of benzene rings is 4. The van der Waals surface area contributed by atoms with Gasteiger partial charge in [0.05, 0.1) is 24.3 Å². The zero-order chi connectivity index (χ0) is 24.5. The third kappa shape index (κ3) is 7.17. The number of rotatable bonds is 5. The molecule has 0 amide bonds. The van der Waals surface area contributed by atoms with Crippen LogP contribution in [-0.2, 0) is 9.47 Å². The highest BCUT2D eigenvalue weighted by Crippen LogP contribution is 2.24. The molecule has 0 saturated heterocycles. The van der Waals surface area contributed by atoms with E-state index in [1.807, 2.05) is 78.9 Å². The monoisotopic (exact) mass is 484 g/mol. The first-order chi connectivity index (χ1) is 17.1. The zero-order valence-electron chi connectivity index (χ0n) is 20.2. The average molecular weight is 485 g/mol. The van der Waals surface area contributed by atoms with E-state index in [-0.39, 0.29) is 19.4 Å². The van der Waals surface area contributed by atoms with Crippen molar-refractivity contribution in [3.63, 3.8) is 0 Å². The smallest absolute Gasteiger partial charge is 0.338 e. The van der Waals surface area contributed by atoms with Gasteiger partial charge in [-0.05, 0) is 71.5 Å². The van der Waals surface area contributed by atoms with Crippen LogP contribution in [0.3, 0.4) is 0 Å². The summed E-state index contributed by atoms with van der Waals surface area (Å²) in [6, 6.07) is 27.3. The lowest BCUT2D eigenvalue weighted by molar-refractivity contribution is 0.0410. The second-order valence-corrected chi connectivity index (χ2v) is 8.95. The van der Waals surface area contributed by atoms with Gasteiger partial charge in [-0.2, -0.15) is 0 Å². The van der Waals surface area contributed by atoms with Crippen LogP contribution in [0.4, 0.5) is 0 Å². The number of fused-ring (bicyclic) bond motifs is 2. The SMILES string of the molecule is C.CCOC(=O)c1ccc2ccccc2c1.O=C(OCC1CCCCC1)c1ccc2ccccc2c1. The van der Waals surface area contributed by atoms with Gasteiger partial charge in [0.15, 0.2) is 0 Å². The Morgan fingerprint density at radius 1 is 0.667 bits per heavy atom. The highest BCUT2D eigenvalue weighted by molar-refractivity contribution is 5.96. The van der Waals surface area contributed by atoms with Gasteiger partial charge in [0.2, 0.25) is 0 Å². The van der Waals surface area contributed by atoms with Crippen LogP contribution in [0.15, 0.2) is 84.9 Å². The summed E-state index contributed by atoms with van der Waals surface area (Å²) in [5.41, 5.74) is 1.26. The fourth-order valence-corrected chi connectivity index (χ4v) is 4.48. The highest BCUT2D eigenvalue weighted by atomic mass is 16.5. The maximum absolute atomic E-state index is 12.1. The van der Waals surface area contributed by atoms with Crippen LogP contribution in [0.5, 0.6) is 0 Å². The van der Waals surface area contributed by atoms with E-state index < -0.39 is 0 Å². The average Bonchev–Trinajstić information content (AvgIpc) is 2.92. The van der Waals surface area contributed by atoms with E-state index in [9.17, 15) is 9.59 Å². The predicted octanol–water partition coefficient (Wildman–Crippen LogP) is 8.23. The Bertz CT molecular complexity index is 1290. The lowest BCUT2D eigenvalue weighted by Gasteiger charge is -2.21. The Morgan fingerprint density at radius 3 is 1.64 bits per heavy atom. The van der Waals surface area contributed by atoms with E-state index in [1.165, 1.54) is 32.1 Å². The summed E-state index contributed by atoms with van der Waals surface area (Å²) in [6.07, 6.45) is 6.28. The molecule has 5 rings (SSSR count). The zero-order valence-corrected chi connectivity index (χ0v) is 20.2. The molecule has 0 aliphatic heterocycles. The first-order valence-corrected chi connectivity index (χ1v) is 12.5. The summed E-state index contributed by atoms with van der Waals surface area (Å²) in [6.45, 7) is 2.79. The summed E-state index contributed by atoms with van der Waals surface area (Å²) < 4.78 is 10.4. The van der Waals surface area contributed by atoms with E-state index in [1.54, 1.807) is 13.0 Å². The van der Waals surface area contributed by atoms with Crippen molar-refractivity contribution >= 4 is 33.5 Å². The van der Waals surface area contributed by atoms with Crippen molar-refractivity contribution in [3.05, 3.63) is 96.1 Å². The number of carbonyl (C=O) groups excluding carboxylic acids is 2. The Labute approximate surface area is 214 Å². The van der Waals surface area contributed by atoms with Crippen LogP contribution in [0.2, 0.25) is 0 Å². The van der Waals surface area contributed by atoms with Gasteiger partial charge in [-0.25, -0.2) is 9.59 Å². The Hall–Kier alpha value is -3.66. The Kier molecular flexibility index (Phi) is 10.1. The minimum atomic E-state index is -0.261. The number of esters is 2. The molecule has 0 heterocycles. The molecule has 4 aromatic rings. The minimum Gasteiger partial charge on any atom is -0.462 e. The molecule has 188 valence electrons. The molecule has 0 unspecified atom stereocenters. The molecular weight excluding hydrogens is 448 g/mol. The summed E-state index contributed by atoms with van der Waals surface area (Å²) in [5, 5.41) is 4.42. The van der Waals surface area contributed by atoms with Crippen molar-refractivity contribution in [3.8, 4) is 0 Å². The largest absolute Gasteiger partial charge is 0.462 e. The van der Waals surface area contributed by atoms with E-state index in [0.29, 0.717) is 30.3 Å². The normalized spacial score (nSPS) is 13.2. The van der Waals surface area contributed by atoms with Crippen molar-refractivity contribution < 1.29 is 19.1 Å². The number of hydrogen-bond acceptors (Lipinski definition) is 4. The lowest BCUT2D eigenvalue weighted by atomic mass is 9.90. The summed E-state index contributed by atoms with van der Waals surface area (Å²) >= 11 is 0. The van der Waals surface area contributed by atoms with Gasteiger partial charge in [0.25, 0.3) is 0 Å². The van der Waals surface area contributed by atoms with Crippen molar-refractivity contribution in [2.24, 2.45) is 5.92 Å². The van der Waals surface area contributed by atoms with Crippen molar-refractivity contribution in [1.82, 2.24) is 0 Å². The molecule has 1 saturated carbocycles. The fraction of sp³-hybridized carbons (Fsp3) is 0.312. The van der Waals surface area contributed by atoms with Crippen LogP contribution in [0.25, 0.3) is 21.5 Å². The topological polar surface area (TPSA) is 52.6 Å². The summed E-state index contributed by atoms with van der Waals surface area (Å²) in [5.74, 6) is 0.109. The fourth-order valence-electron chi connectivity index (χ4n) is 4.48. The lowest BCUT2D eigenvalue weighted by Crippen LogP contribution is -2.16. The summed E-state index contributed by atoms with van der Waals surface area (Å²) in [7, 11) is 0. The molecular formula is C32H36O4. The molecule has 0 bridgehead atoms. The van der Waals surface area contributed by atoms with Gasteiger partial charge in [-0.15, -0.1) is 0 Å². The van der Waals surface area contributed by atoms with Crippen LogP contribution in [0, 0.1) is 5.92 Å². The predicted molar refractivity (Wildman–Crippen MR) is 147 cm³/mol. The maximum atomic E-state index is 12.1. The quantitative estimate of drug-likeness (QED) is 0.268. The van der Waals surface area contributed by atoms with Gasteiger partial charge in [0.1, 0.15) is 0 Å². The van der Waals surface area contributed by atoms with E-state index >= 15 is 0 Å². The third-order valence-corrected chi connectivity index (χ3v) is 6.42. The van der Waals surface area contributed by atoms with Crippen LogP contribution in [-0.4, -0.2) is 25.2 Å². The van der Waals surface area contributed by atoms with Crippen LogP contribution >= 0.6 is 0 Å². The number of carbonyl (C=O) groups is 2. The molecule has 4 heteroatoms. The second-order valence-electron chi connectivity index (χ2n) is 8.95. The third-order valence-electron chi connectivity index (χ3n) is 6.42. The molecule has 0 atom stereocenters. The standard InChI is InChI=1S/C18H20O2.C13H12O2.CH4/c19-18(20-13-14-6-2-1-3-7-14)17-11-10-15-8-4-5-9-16(15)12-17;1-2-15-13(14)12-8-7-10-5-3-4-6-11(10)9-12;/h4-5,8-12,14H,1-3,6-7,13H2;3-9H,2H2,1H3;1H4. The highest BCUT2D eigenvalue weighted by Gasteiger charge is 2.16. The molecule has 1 aliphatic rings. The number of ether oxygens (including phenoxy) is 2. The summed E-state index contributed by atoms with van der Waals surface area (Å²) in [4.78, 5) is 23.6. The molecule has 4 nitrogen and oxygen atoms in total. The van der Waals surface area contributed by atoms with Crippen molar-refractivity contribution in [2.75, 3.05) is 13.2 Å². The molecule has 0 N–H and O–H groups in total. The second kappa shape index (κ2) is 13.4. The van der Waals surface area contributed by atoms with Gasteiger partial charge in [-0.3, -0.25) is 0 Å². The molecule has 1 aliphatic carbocycles.